The lowest BCUT2D eigenvalue weighted by Gasteiger charge is -2.20. The van der Waals surface area contributed by atoms with Gasteiger partial charge < -0.3 is 24.7 Å². The van der Waals surface area contributed by atoms with Gasteiger partial charge in [-0.15, -0.1) is 5.10 Å². The molecule has 3 heterocycles. The molecule has 196 valence electrons. The second-order valence-corrected chi connectivity index (χ2v) is 9.69. The van der Waals surface area contributed by atoms with Crippen molar-refractivity contribution in [3.05, 3.63) is 88.2 Å². The maximum absolute atomic E-state index is 13.4. The number of hydrogen-bond acceptors (Lipinski definition) is 6. The second kappa shape index (κ2) is 10.0. The minimum absolute atomic E-state index is 0.127. The minimum atomic E-state index is -0.417. The molecule has 2 N–H and O–H groups in total. The normalized spacial score (nSPS) is 12.8. The molecule has 6 rings (SSSR count). The first-order chi connectivity index (χ1) is 18.9. The summed E-state index contributed by atoms with van der Waals surface area (Å²) >= 11 is 6.11. The zero-order chi connectivity index (χ0) is 27.1. The summed E-state index contributed by atoms with van der Waals surface area (Å²) in [6.07, 6.45) is 1.63. The first-order valence-electron chi connectivity index (χ1n) is 12.3. The topological polar surface area (TPSA) is 109 Å². The molecule has 5 aromatic rings. The number of carbonyl (C=O) groups is 2. The van der Waals surface area contributed by atoms with Gasteiger partial charge in [0.2, 0.25) is 0 Å². The van der Waals surface area contributed by atoms with Crippen LogP contribution in [0, 0.1) is 6.92 Å². The predicted octanol–water partition coefficient (Wildman–Crippen LogP) is 5.51. The lowest BCUT2D eigenvalue weighted by Crippen LogP contribution is -2.24. The van der Waals surface area contributed by atoms with E-state index in [4.69, 9.17) is 21.1 Å². The molecule has 10 heteroatoms. The predicted molar refractivity (Wildman–Crippen MR) is 150 cm³/mol. The van der Waals surface area contributed by atoms with E-state index in [0.717, 1.165) is 27.4 Å². The van der Waals surface area contributed by atoms with Crippen LogP contribution in [0.5, 0.6) is 5.75 Å². The highest BCUT2D eigenvalue weighted by molar-refractivity contribution is 6.31. The second-order valence-electron chi connectivity index (χ2n) is 9.25. The van der Waals surface area contributed by atoms with Crippen molar-refractivity contribution in [3.8, 4) is 5.75 Å². The van der Waals surface area contributed by atoms with Crippen molar-refractivity contribution in [2.75, 3.05) is 30.5 Å². The van der Waals surface area contributed by atoms with E-state index in [1.165, 1.54) is 0 Å². The summed E-state index contributed by atoms with van der Waals surface area (Å²) in [4.78, 5) is 31.6. The first-order valence-corrected chi connectivity index (χ1v) is 12.7. The number of amides is 2. The van der Waals surface area contributed by atoms with Crippen LogP contribution >= 0.6 is 11.6 Å². The van der Waals surface area contributed by atoms with Crippen LogP contribution in [0.25, 0.3) is 21.8 Å². The zero-order valence-corrected chi connectivity index (χ0v) is 22.0. The van der Waals surface area contributed by atoms with Crippen LogP contribution in [-0.4, -0.2) is 47.3 Å². The molecule has 0 saturated carbocycles. The molecule has 0 spiro atoms. The van der Waals surface area contributed by atoms with Crippen molar-refractivity contribution < 1.29 is 19.1 Å². The van der Waals surface area contributed by atoms with Crippen molar-refractivity contribution in [3.63, 3.8) is 0 Å². The van der Waals surface area contributed by atoms with Crippen molar-refractivity contribution in [1.82, 2.24) is 15.2 Å². The van der Waals surface area contributed by atoms with Gasteiger partial charge in [0.05, 0.1) is 30.4 Å². The highest BCUT2D eigenvalue weighted by Crippen LogP contribution is 2.35. The number of nitrogens with zero attached hydrogens (tertiary/aromatic N) is 3. The molecule has 2 amide bonds. The van der Waals surface area contributed by atoms with E-state index >= 15 is 0 Å². The molecule has 3 aromatic carbocycles. The summed E-state index contributed by atoms with van der Waals surface area (Å²) in [6.45, 7) is 3.21. The third-order valence-corrected chi connectivity index (χ3v) is 7.12. The average Bonchev–Trinajstić information content (AvgIpc) is 3.47. The molecule has 2 aromatic heterocycles. The fraction of sp³-hybridized carbons (Fsp3) is 0.172. The number of fused-ring (bicyclic) bond motifs is 4. The summed E-state index contributed by atoms with van der Waals surface area (Å²) in [5.74, 6) is 0.143. The van der Waals surface area contributed by atoms with Gasteiger partial charge in [0, 0.05) is 45.9 Å². The maximum Gasteiger partial charge on any atom is 0.278 e. The van der Waals surface area contributed by atoms with Crippen LogP contribution in [-0.2, 0) is 11.3 Å². The van der Waals surface area contributed by atoms with Gasteiger partial charge in [-0.3, -0.25) is 9.59 Å². The Balaban J connectivity index is 1.29. The SMILES string of the molecule is COCCOc1ccc2c(c1)[nH]c1c(C(=O)Nc3cccc(N4Cc5ccc(Cl)cc5C4=O)c3C)nncc12. The molecule has 0 fully saturated rings. The zero-order valence-electron chi connectivity index (χ0n) is 21.2. The van der Waals surface area contributed by atoms with Gasteiger partial charge >= 0.3 is 0 Å². The molecule has 0 bridgehead atoms. The van der Waals surface area contributed by atoms with Crippen LogP contribution in [0.1, 0.15) is 32.0 Å². The Hall–Kier alpha value is -4.47. The van der Waals surface area contributed by atoms with Gasteiger partial charge in [-0.1, -0.05) is 23.7 Å². The Morgan fingerprint density at radius 1 is 1.13 bits per heavy atom. The lowest BCUT2D eigenvalue weighted by molar-refractivity contribution is 0.0994. The van der Waals surface area contributed by atoms with E-state index < -0.39 is 5.91 Å². The third kappa shape index (κ3) is 4.45. The molecule has 0 saturated heterocycles. The van der Waals surface area contributed by atoms with Gasteiger partial charge in [-0.25, -0.2) is 0 Å². The van der Waals surface area contributed by atoms with Gasteiger partial charge in [-0.2, -0.15) is 5.10 Å². The number of halogens is 1. The van der Waals surface area contributed by atoms with Gasteiger partial charge in [0.15, 0.2) is 5.69 Å². The summed E-state index contributed by atoms with van der Waals surface area (Å²) < 4.78 is 10.8. The Kier molecular flexibility index (Phi) is 6.38. The lowest BCUT2D eigenvalue weighted by atomic mass is 10.1. The Morgan fingerprint density at radius 3 is 2.85 bits per heavy atom. The van der Waals surface area contributed by atoms with Gasteiger partial charge in [0.25, 0.3) is 11.8 Å². The van der Waals surface area contributed by atoms with Gasteiger partial charge in [-0.05, 0) is 54.4 Å². The molecule has 0 unspecified atom stereocenters. The van der Waals surface area contributed by atoms with Crippen LogP contribution in [0.4, 0.5) is 11.4 Å². The number of rotatable bonds is 7. The van der Waals surface area contributed by atoms with Crippen LogP contribution in [0.15, 0.2) is 60.8 Å². The monoisotopic (exact) mass is 541 g/mol. The number of ether oxygens (including phenoxy) is 2. The summed E-state index contributed by atoms with van der Waals surface area (Å²) in [6, 6.07) is 16.5. The van der Waals surface area contributed by atoms with Crippen LogP contribution in [0.3, 0.4) is 0 Å². The Bertz CT molecular complexity index is 1770. The van der Waals surface area contributed by atoms with E-state index in [9.17, 15) is 9.59 Å². The molecular formula is C29H24ClN5O4. The Morgan fingerprint density at radius 2 is 2.00 bits per heavy atom. The molecule has 1 aliphatic rings. The smallest absolute Gasteiger partial charge is 0.278 e. The van der Waals surface area contributed by atoms with E-state index in [1.54, 1.807) is 36.4 Å². The number of benzene rings is 3. The van der Waals surface area contributed by atoms with Crippen LogP contribution < -0.4 is 15.0 Å². The van der Waals surface area contributed by atoms with E-state index in [1.807, 2.05) is 43.3 Å². The molecule has 0 aliphatic carbocycles. The third-order valence-electron chi connectivity index (χ3n) is 6.88. The average molecular weight is 542 g/mol. The fourth-order valence-corrected chi connectivity index (χ4v) is 5.08. The van der Waals surface area contributed by atoms with E-state index in [2.05, 4.69) is 20.5 Å². The molecule has 1 aliphatic heterocycles. The van der Waals surface area contributed by atoms with Crippen molar-refractivity contribution in [2.45, 2.75) is 13.5 Å². The highest BCUT2D eigenvalue weighted by Gasteiger charge is 2.30. The fourth-order valence-electron chi connectivity index (χ4n) is 4.91. The van der Waals surface area contributed by atoms with Crippen LogP contribution in [0.2, 0.25) is 5.02 Å². The Labute approximate surface area is 228 Å². The molecule has 39 heavy (non-hydrogen) atoms. The number of carbonyl (C=O) groups excluding carboxylic acids is 2. The standard InChI is InChI=1S/C29H24ClN5O4/c1-16-23(4-3-5-25(16)35-15-17-6-7-18(30)12-21(17)29(35)37)33-28(36)27-26-22(14-31-34-27)20-9-8-19(13-24(20)32-26)39-11-10-38-2/h3-9,12-14,32H,10-11,15H2,1-2H3,(H,33,36). The van der Waals surface area contributed by atoms with E-state index in [0.29, 0.717) is 53.0 Å². The number of nitrogens with one attached hydrogen (secondary N) is 2. The number of aromatic nitrogens is 3. The number of anilines is 2. The van der Waals surface area contributed by atoms with E-state index in [-0.39, 0.29) is 11.6 Å². The summed E-state index contributed by atoms with van der Waals surface area (Å²) in [5.41, 5.74) is 5.07. The number of hydrogen-bond donors (Lipinski definition) is 2. The number of methoxy groups -OCH3 is 1. The highest BCUT2D eigenvalue weighted by atomic mass is 35.5. The molecule has 9 nitrogen and oxygen atoms in total. The van der Waals surface area contributed by atoms with Gasteiger partial charge in [0.1, 0.15) is 12.4 Å². The molecular weight excluding hydrogens is 518 g/mol. The number of aromatic amines is 1. The quantitative estimate of drug-likeness (QED) is 0.263. The summed E-state index contributed by atoms with van der Waals surface area (Å²) in [7, 11) is 1.62. The van der Waals surface area contributed by atoms with Crippen molar-refractivity contribution >= 4 is 56.6 Å². The summed E-state index contributed by atoms with van der Waals surface area (Å²) in [5, 5.41) is 13.4. The first kappa shape index (κ1) is 24.8. The van der Waals surface area contributed by atoms with Crippen molar-refractivity contribution in [2.24, 2.45) is 0 Å². The number of H-pyrrole nitrogens is 1. The van der Waals surface area contributed by atoms with Crippen molar-refractivity contribution in [1.29, 1.82) is 0 Å². The molecule has 0 atom stereocenters. The maximum atomic E-state index is 13.4. The minimum Gasteiger partial charge on any atom is -0.491 e. The molecule has 0 radical (unpaired) electrons. The largest absolute Gasteiger partial charge is 0.491 e.